The van der Waals surface area contributed by atoms with Gasteiger partial charge in [0.2, 0.25) is 0 Å². The molecule has 1 aromatic carbocycles. The molecule has 132 valence electrons. The molecule has 1 amide bonds. The van der Waals surface area contributed by atoms with Crippen molar-refractivity contribution in [3.63, 3.8) is 0 Å². The zero-order valence-electron chi connectivity index (χ0n) is 13.6. The number of pyridine rings is 1. The lowest BCUT2D eigenvalue weighted by molar-refractivity contribution is -0.119. The molecule has 2 aromatic heterocycles. The van der Waals surface area contributed by atoms with E-state index < -0.39 is 18.5 Å². The topological polar surface area (TPSA) is 103 Å². The Morgan fingerprint density at radius 2 is 1.92 bits per heavy atom. The van der Waals surface area contributed by atoms with Gasteiger partial charge in [0.1, 0.15) is 0 Å². The van der Waals surface area contributed by atoms with Crippen LogP contribution in [0.4, 0.5) is 5.69 Å². The number of anilines is 1. The van der Waals surface area contributed by atoms with Crippen LogP contribution < -0.4 is 10.9 Å². The Hall–Kier alpha value is -3.26. The highest BCUT2D eigenvalue weighted by molar-refractivity contribution is 6.32. The van der Waals surface area contributed by atoms with Crippen molar-refractivity contribution in [3.05, 3.63) is 63.8 Å². The molecular weight excluding hydrogens is 360 g/mol. The first-order valence-electron chi connectivity index (χ1n) is 7.51. The van der Waals surface area contributed by atoms with E-state index in [-0.39, 0.29) is 16.4 Å². The fourth-order valence-corrected chi connectivity index (χ4v) is 2.48. The van der Waals surface area contributed by atoms with E-state index in [9.17, 15) is 14.4 Å². The van der Waals surface area contributed by atoms with Crippen LogP contribution in [0, 0.1) is 0 Å². The molecule has 0 aliphatic rings. The van der Waals surface area contributed by atoms with Crippen molar-refractivity contribution in [2.24, 2.45) is 7.05 Å². The molecule has 0 fully saturated rings. The summed E-state index contributed by atoms with van der Waals surface area (Å²) in [4.78, 5) is 40.2. The van der Waals surface area contributed by atoms with Gasteiger partial charge in [-0.2, -0.15) is 5.10 Å². The van der Waals surface area contributed by atoms with E-state index in [2.05, 4.69) is 15.4 Å². The van der Waals surface area contributed by atoms with Gasteiger partial charge in [0.25, 0.3) is 11.5 Å². The van der Waals surface area contributed by atoms with Crippen LogP contribution >= 0.6 is 11.6 Å². The molecule has 26 heavy (non-hydrogen) atoms. The molecule has 0 bridgehead atoms. The largest absolute Gasteiger partial charge is 0.451 e. The van der Waals surface area contributed by atoms with Gasteiger partial charge in [-0.05, 0) is 18.2 Å². The van der Waals surface area contributed by atoms with Crippen LogP contribution in [0.25, 0.3) is 10.8 Å². The Balaban J connectivity index is 1.76. The number of carbonyl (C=O) groups is 2. The molecule has 2 heterocycles. The Morgan fingerprint density at radius 3 is 2.65 bits per heavy atom. The summed E-state index contributed by atoms with van der Waals surface area (Å²) in [5.41, 5.74) is -0.0723. The van der Waals surface area contributed by atoms with E-state index in [0.29, 0.717) is 16.5 Å². The van der Waals surface area contributed by atoms with Crippen molar-refractivity contribution in [2.45, 2.75) is 0 Å². The summed E-state index contributed by atoms with van der Waals surface area (Å²) in [6.45, 7) is -0.539. The lowest BCUT2D eigenvalue weighted by Gasteiger charge is -2.09. The fraction of sp³-hybridized carbons (Fsp3) is 0.118. The predicted octanol–water partition coefficient (Wildman–Crippen LogP) is 1.78. The number of carbonyl (C=O) groups excluding carboxylic acids is 2. The van der Waals surface area contributed by atoms with Gasteiger partial charge in [-0.3, -0.25) is 9.59 Å². The van der Waals surface area contributed by atoms with Gasteiger partial charge in [0.05, 0.1) is 11.1 Å². The van der Waals surface area contributed by atoms with Crippen molar-refractivity contribution in [1.29, 1.82) is 0 Å². The highest BCUT2D eigenvalue weighted by Crippen LogP contribution is 2.17. The standard InChI is InChI=1S/C17H13ClN4O4/c1-22-16(24)11-6-3-2-5-10(11)14(21-22)17(25)26-9-13(23)20-12-7-4-8-19-15(12)18/h2-8H,9H2,1H3,(H,20,23). The number of nitrogens with one attached hydrogen (secondary N) is 1. The van der Waals surface area contributed by atoms with Crippen LogP contribution in [0.2, 0.25) is 5.15 Å². The van der Waals surface area contributed by atoms with E-state index >= 15 is 0 Å². The molecule has 9 heteroatoms. The van der Waals surface area contributed by atoms with Crippen molar-refractivity contribution in [1.82, 2.24) is 14.8 Å². The van der Waals surface area contributed by atoms with E-state index in [4.69, 9.17) is 16.3 Å². The van der Waals surface area contributed by atoms with Gasteiger partial charge in [0.15, 0.2) is 17.5 Å². The normalized spacial score (nSPS) is 10.5. The monoisotopic (exact) mass is 372 g/mol. The summed E-state index contributed by atoms with van der Waals surface area (Å²) >= 11 is 5.85. The first kappa shape index (κ1) is 17.6. The smallest absolute Gasteiger partial charge is 0.359 e. The lowest BCUT2D eigenvalue weighted by atomic mass is 10.1. The maximum Gasteiger partial charge on any atom is 0.359 e. The summed E-state index contributed by atoms with van der Waals surface area (Å²) in [6, 6.07) is 9.72. The van der Waals surface area contributed by atoms with E-state index in [1.165, 1.54) is 13.2 Å². The molecule has 1 N–H and O–H groups in total. The second kappa shape index (κ2) is 7.32. The maximum atomic E-state index is 12.3. The number of nitrogens with zero attached hydrogens (tertiary/aromatic N) is 3. The van der Waals surface area contributed by atoms with Crippen LogP contribution in [-0.2, 0) is 16.6 Å². The van der Waals surface area contributed by atoms with E-state index in [1.54, 1.807) is 36.4 Å². The molecule has 0 atom stereocenters. The third kappa shape index (κ3) is 3.55. The Bertz CT molecular complexity index is 1060. The molecule has 0 spiro atoms. The number of aromatic nitrogens is 3. The molecule has 3 rings (SSSR count). The van der Waals surface area contributed by atoms with Crippen molar-refractivity contribution in [3.8, 4) is 0 Å². The number of hydrogen-bond acceptors (Lipinski definition) is 6. The number of ether oxygens (including phenoxy) is 1. The second-order valence-electron chi connectivity index (χ2n) is 5.29. The minimum atomic E-state index is -0.816. The summed E-state index contributed by atoms with van der Waals surface area (Å²) in [5, 5.41) is 7.25. The molecule has 0 aliphatic heterocycles. The Morgan fingerprint density at radius 1 is 1.19 bits per heavy atom. The second-order valence-corrected chi connectivity index (χ2v) is 5.65. The zero-order chi connectivity index (χ0) is 18.7. The molecule has 3 aromatic rings. The number of esters is 1. The molecular formula is C17H13ClN4O4. The third-order valence-electron chi connectivity index (χ3n) is 3.52. The first-order chi connectivity index (χ1) is 12.5. The van der Waals surface area contributed by atoms with Gasteiger partial charge in [0, 0.05) is 18.6 Å². The van der Waals surface area contributed by atoms with Crippen LogP contribution in [0.3, 0.4) is 0 Å². The molecule has 0 unspecified atom stereocenters. The minimum absolute atomic E-state index is 0.0464. The van der Waals surface area contributed by atoms with Crippen LogP contribution in [0.15, 0.2) is 47.4 Å². The first-order valence-corrected chi connectivity index (χ1v) is 7.88. The summed E-state index contributed by atoms with van der Waals surface area (Å²) in [7, 11) is 1.43. The average molecular weight is 373 g/mol. The molecule has 0 aliphatic carbocycles. The Labute approximate surface area is 152 Å². The summed E-state index contributed by atoms with van der Waals surface area (Å²) in [5.74, 6) is -1.40. The van der Waals surface area contributed by atoms with E-state index in [0.717, 1.165) is 4.68 Å². The number of hydrogen-bond donors (Lipinski definition) is 1. The number of halogens is 1. The van der Waals surface area contributed by atoms with Gasteiger partial charge in [-0.1, -0.05) is 29.8 Å². The van der Waals surface area contributed by atoms with Gasteiger partial charge < -0.3 is 10.1 Å². The Kier molecular flexibility index (Phi) is 4.94. The summed E-state index contributed by atoms with van der Waals surface area (Å²) in [6.07, 6.45) is 1.48. The number of fused-ring (bicyclic) bond motifs is 1. The average Bonchev–Trinajstić information content (AvgIpc) is 2.64. The number of amides is 1. The molecule has 8 nitrogen and oxygen atoms in total. The SMILES string of the molecule is Cn1nc(C(=O)OCC(=O)Nc2cccnc2Cl)c2ccccc2c1=O. The van der Waals surface area contributed by atoms with Gasteiger partial charge >= 0.3 is 5.97 Å². The predicted molar refractivity (Wildman–Crippen MR) is 95.1 cm³/mol. The molecule has 0 radical (unpaired) electrons. The highest BCUT2D eigenvalue weighted by Gasteiger charge is 2.18. The van der Waals surface area contributed by atoms with Crippen LogP contribution in [-0.4, -0.2) is 33.2 Å². The fourth-order valence-electron chi connectivity index (χ4n) is 2.32. The van der Waals surface area contributed by atoms with Gasteiger partial charge in [-0.15, -0.1) is 0 Å². The van der Waals surface area contributed by atoms with Crippen molar-refractivity contribution in [2.75, 3.05) is 11.9 Å². The van der Waals surface area contributed by atoms with Crippen LogP contribution in [0.5, 0.6) is 0 Å². The lowest BCUT2D eigenvalue weighted by Crippen LogP contribution is -2.26. The van der Waals surface area contributed by atoms with Crippen molar-refractivity contribution < 1.29 is 14.3 Å². The third-order valence-corrected chi connectivity index (χ3v) is 3.82. The summed E-state index contributed by atoms with van der Waals surface area (Å²) < 4.78 is 6.06. The maximum absolute atomic E-state index is 12.3. The quantitative estimate of drug-likeness (QED) is 0.553. The van der Waals surface area contributed by atoms with Gasteiger partial charge in [-0.25, -0.2) is 14.5 Å². The number of rotatable bonds is 4. The molecule has 0 saturated carbocycles. The zero-order valence-corrected chi connectivity index (χ0v) is 14.4. The van der Waals surface area contributed by atoms with E-state index in [1.807, 2.05) is 0 Å². The highest BCUT2D eigenvalue weighted by atomic mass is 35.5. The number of benzene rings is 1. The van der Waals surface area contributed by atoms with Crippen molar-refractivity contribution >= 4 is 39.9 Å². The minimum Gasteiger partial charge on any atom is -0.451 e. The van der Waals surface area contributed by atoms with Crippen LogP contribution in [0.1, 0.15) is 10.5 Å². The number of aryl methyl sites for hydroxylation is 1. The molecule has 0 saturated heterocycles.